The highest BCUT2D eigenvalue weighted by atomic mass is 35.5. The summed E-state index contributed by atoms with van der Waals surface area (Å²) in [5.41, 5.74) is 6.60. The maximum Gasteiger partial charge on any atom is 0.223 e. The number of methoxy groups -OCH3 is 1. The summed E-state index contributed by atoms with van der Waals surface area (Å²) < 4.78 is 18.5. The van der Waals surface area contributed by atoms with Crippen LogP contribution in [0.1, 0.15) is 31.7 Å². The Hall–Kier alpha value is -1.33. The third-order valence-corrected chi connectivity index (χ3v) is 4.41. The summed E-state index contributed by atoms with van der Waals surface area (Å²) in [5.74, 6) is 0.564. The van der Waals surface area contributed by atoms with Crippen LogP contribution in [0.25, 0.3) is 0 Å². The number of rotatable bonds is 5. The van der Waals surface area contributed by atoms with Crippen LogP contribution >= 0.6 is 12.4 Å². The fourth-order valence-electron chi connectivity index (χ4n) is 3.06. The summed E-state index contributed by atoms with van der Waals surface area (Å²) in [7, 11) is 1.44. The summed E-state index contributed by atoms with van der Waals surface area (Å²) in [4.78, 5) is 14.3. The minimum absolute atomic E-state index is 0. The van der Waals surface area contributed by atoms with Gasteiger partial charge in [-0.2, -0.15) is 0 Å². The van der Waals surface area contributed by atoms with E-state index in [0.717, 1.165) is 24.9 Å². The van der Waals surface area contributed by atoms with Crippen LogP contribution in [0.2, 0.25) is 0 Å². The van der Waals surface area contributed by atoms with Gasteiger partial charge in [0.2, 0.25) is 5.91 Å². The minimum atomic E-state index is -0.390. The van der Waals surface area contributed by atoms with E-state index >= 15 is 0 Å². The SMILES string of the molecule is COc1ccc(CCC(=O)N2CCC(C)CC2CN)cc1F.Cl. The topological polar surface area (TPSA) is 55.6 Å². The Bertz CT molecular complexity index is 527. The summed E-state index contributed by atoms with van der Waals surface area (Å²) in [6.45, 7) is 3.48. The lowest BCUT2D eigenvalue weighted by Crippen LogP contribution is -2.49. The van der Waals surface area contributed by atoms with E-state index < -0.39 is 0 Å². The van der Waals surface area contributed by atoms with Gasteiger partial charge in [0, 0.05) is 25.6 Å². The van der Waals surface area contributed by atoms with Crippen LogP contribution in [0.3, 0.4) is 0 Å². The van der Waals surface area contributed by atoms with E-state index in [1.807, 2.05) is 4.90 Å². The van der Waals surface area contributed by atoms with E-state index in [0.29, 0.717) is 25.3 Å². The first-order valence-electron chi connectivity index (χ1n) is 7.87. The van der Waals surface area contributed by atoms with Crippen LogP contribution < -0.4 is 10.5 Å². The first kappa shape index (κ1) is 19.7. The van der Waals surface area contributed by atoms with Gasteiger partial charge in [-0.25, -0.2) is 4.39 Å². The monoisotopic (exact) mass is 344 g/mol. The van der Waals surface area contributed by atoms with Crippen LogP contribution in [-0.4, -0.2) is 37.0 Å². The number of halogens is 2. The third kappa shape index (κ3) is 5.08. The normalized spacial score (nSPS) is 20.8. The Labute approximate surface area is 143 Å². The maximum absolute atomic E-state index is 13.7. The van der Waals surface area contributed by atoms with Crippen molar-refractivity contribution in [2.24, 2.45) is 11.7 Å². The molecule has 1 saturated heterocycles. The molecule has 0 aliphatic carbocycles. The zero-order chi connectivity index (χ0) is 16.1. The second-order valence-corrected chi connectivity index (χ2v) is 6.08. The summed E-state index contributed by atoms with van der Waals surface area (Å²) in [6, 6.07) is 4.97. The van der Waals surface area contributed by atoms with Crippen molar-refractivity contribution < 1.29 is 13.9 Å². The van der Waals surface area contributed by atoms with Crippen molar-refractivity contribution in [1.29, 1.82) is 0 Å². The van der Waals surface area contributed by atoms with E-state index in [-0.39, 0.29) is 35.9 Å². The molecule has 1 amide bonds. The van der Waals surface area contributed by atoms with Gasteiger partial charge < -0.3 is 15.4 Å². The zero-order valence-corrected chi connectivity index (χ0v) is 14.6. The molecule has 1 aliphatic heterocycles. The quantitative estimate of drug-likeness (QED) is 0.893. The van der Waals surface area contributed by atoms with Gasteiger partial charge in [0.1, 0.15) is 0 Å². The lowest BCUT2D eigenvalue weighted by atomic mass is 9.92. The highest BCUT2D eigenvalue weighted by molar-refractivity contribution is 5.85. The molecule has 130 valence electrons. The number of piperidine rings is 1. The van der Waals surface area contributed by atoms with Crippen molar-refractivity contribution in [3.05, 3.63) is 29.6 Å². The average Bonchev–Trinajstić information content (AvgIpc) is 2.52. The highest BCUT2D eigenvalue weighted by Crippen LogP contribution is 2.23. The molecule has 4 nitrogen and oxygen atoms in total. The van der Waals surface area contributed by atoms with E-state index in [4.69, 9.17) is 10.5 Å². The summed E-state index contributed by atoms with van der Waals surface area (Å²) >= 11 is 0. The summed E-state index contributed by atoms with van der Waals surface area (Å²) in [6.07, 6.45) is 2.92. The number of carbonyl (C=O) groups excluding carboxylic acids is 1. The van der Waals surface area contributed by atoms with E-state index in [2.05, 4.69) is 6.92 Å². The van der Waals surface area contributed by atoms with Gasteiger partial charge in [0.25, 0.3) is 0 Å². The fraction of sp³-hybridized carbons (Fsp3) is 0.588. The molecule has 2 atom stereocenters. The van der Waals surface area contributed by atoms with Crippen molar-refractivity contribution in [3.63, 3.8) is 0 Å². The predicted octanol–water partition coefficient (Wildman–Crippen LogP) is 2.77. The summed E-state index contributed by atoms with van der Waals surface area (Å²) in [5, 5.41) is 0. The van der Waals surface area contributed by atoms with Crippen LogP contribution in [0.15, 0.2) is 18.2 Å². The zero-order valence-electron chi connectivity index (χ0n) is 13.8. The Kier molecular flexibility index (Phi) is 7.79. The van der Waals surface area contributed by atoms with Gasteiger partial charge in [-0.05, 0) is 42.9 Å². The molecular weight excluding hydrogens is 319 g/mol. The Morgan fingerprint density at radius 3 is 2.83 bits per heavy atom. The number of ether oxygens (including phenoxy) is 1. The van der Waals surface area contributed by atoms with Gasteiger partial charge in [-0.3, -0.25) is 4.79 Å². The van der Waals surface area contributed by atoms with Crippen LogP contribution in [0.4, 0.5) is 4.39 Å². The Morgan fingerprint density at radius 2 is 2.22 bits per heavy atom. The molecule has 23 heavy (non-hydrogen) atoms. The molecule has 2 N–H and O–H groups in total. The predicted molar refractivity (Wildman–Crippen MR) is 91.5 cm³/mol. The lowest BCUT2D eigenvalue weighted by molar-refractivity contribution is -0.135. The first-order valence-corrected chi connectivity index (χ1v) is 7.87. The van der Waals surface area contributed by atoms with Crippen molar-refractivity contribution in [3.8, 4) is 5.75 Å². The standard InChI is InChI=1S/C17H25FN2O2.ClH/c1-12-7-8-20(14(9-12)11-19)17(21)6-4-13-3-5-16(22-2)15(18)10-13;/h3,5,10,12,14H,4,6-9,11,19H2,1-2H3;1H. The van der Waals surface area contributed by atoms with Gasteiger partial charge in [-0.15, -0.1) is 12.4 Å². The molecule has 6 heteroatoms. The highest BCUT2D eigenvalue weighted by Gasteiger charge is 2.28. The van der Waals surface area contributed by atoms with E-state index in [1.165, 1.54) is 13.2 Å². The van der Waals surface area contributed by atoms with Crippen molar-refractivity contribution in [1.82, 2.24) is 4.90 Å². The molecule has 0 radical (unpaired) electrons. The van der Waals surface area contributed by atoms with Gasteiger partial charge in [0.15, 0.2) is 11.6 Å². The number of carbonyl (C=O) groups is 1. The molecule has 1 aromatic carbocycles. The second kappa shape index (κ2) is 9.08. The number of hydrogen-bond acceptors (Lipinski definition) is 3. The molecule has 2 unspecified atom stereocenters. The number of amides is 1. The van der Waals surface area contributed by atoms with Crippen LogP contribution in [0, 0.1) is 11.7 Å². The molecule has 2 rings (SSSR count). The fourth-order valence-corrected chi connectivity index (χ4v) is 3.06. The average molecular weight is 345 g/mol. The molecule has 1 fully saturated rings. The number of benzene rings is 1. The first-order chi connectivity index (χ1) is 10.5. The number of aryl methyl sites for hydroxylation is 1. The minimum Gasteiger partial charge on any atom is -0.494 e. The van der Waals surface area contributed by atoms with Crippen LogP contribution in [-0.2, 0) is 11.2 Å². The molecule has 0 spiro atoms. The Morgan fingerprint density at radius 1 is 1.48 bits per heavy atom. The largest absolute Gasteiger partial charge is 0.494 e. The molecule has 0 aromatic heterocycles. The van der Waals surface area contributed by atoms with Crippen molar-refractivity contribution >= 4 is 18.3 Å². The molecule has 1 aromatic rings. The molecule has 1 aliphatic rings. The van der Waals surface area contributed by atoms with Crippen molar-refractivity contribution in [2.45, 2.75) is 38.6 Å². The molecular formula is C17H26ClFN2O2. The molecule has 0 bridgehead atoms. The second-order valence-electron chi connectivity index (χ2n) is 6.08. The van der Waals surface area contributed by atoms with Crippen LogP contribution in [0.5, 0.6) is 5.75 Å². The smallest absolute Gasteiger partial charge is 0.223 e. The number of hydrogen-bond donors (Lipinski definition) is 1. The lowest BCUT2D eigenvalue weighted by Gasteiger charge is -2.38. The molecule has 0 saturated carbocycles. The van der Waals surface area contributed by atoms with Crippen molar-refractivity contribution in [2.75, 3.05) is 20.2 Å². The van der Waals surface area contributed by atoms with E-state index in [1.54, 1.807) is 12.1 Å². The number of nitrogens with zero attached hydrogens (tertiary/aromatic N) is 1. The van der Waals surface area contributed by atoms with Gasteiger partial charge in [0.05, 0.1) is 7.11 Å². The number of likely N-dealkylation sites (tertiary alicyclic amines) is 1. The Balaban J connectivity index is 0.00000264. The maximum atomic E-state index is 13.7. The van der Waals surface area contributed by atoms with Gasteiger partial charge >= 0.3 is 0 Å². The molecule has 1 heterocycles. The van der Waals surface area contributed by atoms with Gasteiger partial charge in [-0.1, -0.05) is 13.0 Å². The number of nitrogens with two attached hydrogens (primary N) is 1. The van der Waals surface area contributed by atoms with E-state index in [9.17, 15) is 9.18 Å². The third-order valence-electron chi connectivity index (χ3n) is 4.41.